The molecule has 3 nitrogen and oxygen atoms in total. The van der Waals surface area contributed by atoms with Gasteiger partial charge in [-0.2, -0.15) is 0 Å². The Labute approximate surface area is 116 Å². The van der Waals surface area contributed by atoms with Crippen LogP contribution in [0.4, 0.5) is 4.39 Å². The number of rotatable bonds is 4. The van der Waals surface area contributed by atoms with E-state index < -0.39 is 0 Å². The quantitative estimate of drug-likeness (QED) is 0.677. The molecule has 0 fully saturated rings. The third-order valence-electron chi connectivity index (χ3n) is 3.53. The average molecular weight is 270 g/mol. The first-order chi connectivity index (χ1) is 9.72. The van der Waals surface area contributed by atoms with Gasteiger partial charge in [-0.1, -0.05) is 18.2 Å². The third-order valence-corrected chi connectivity index (χ3v) is 3.53. The topological polar surface area (TPSA) is 34.9 Å². The maximum absolute atomic E-state index is 12.5. The smallest absolute Gasteiger partial charge is 0.178 e. The molecule has 2 heterocycles. The molecular formula is C16H15FN2O. The first kappa shape index (κ1) is 12.8. The lowest BCUT2D eigenvalue weighted by Crippen LogP contribution is -2.00. The summed E-state index contributed by atoms with van der Waals surface area (Å²) in [6.07, 6.45) is 2.19. The molecule has 3 rings (SSSR count). The van der Waals surface area contributed by atoms with Crippen LogP contribution in [0.25, 0.3) is 21.8 Å². The molecule has 0 amide bonds. The van der Waals surface area contributed by atoms with Crippen LogP contribution in [-0.4, -0.2) is 22.0 Å². The van der Waals surface area contributed by atoms with E-state index in [0.717, 1.165) is 21.8 Å². The van der Waals surface area contributed by atoms with Crippen LogP contribution < -0.4 is 0 Å². The summed E-state index contributed by atoms with van der Waals surface area (Å²) in [7, 11) is 0. The molecule has 3 aromatic rings. The Morgan fingerprint density at radius 3 is 2.80 bits per heavy atom. The zero-order valence-electron chi connectivity index (χ0n) is 11.3. The fraction of sp³-hybridized carbons (Fsp3) is 0.250. The maximum Gasteiger partial charge on any atom is 0.178 e. The standard InChI is InChI=1S/C16H15FN2O/c1-11(20)14-9-13-12-5-2-3-6-15(12)19(8-4-7-17)16(13)10-18-14/h2-3,5-6,9-10H,4,7-8H2,1H3. The Bertz CT molecular complexity index is 792. The van der Waals surface area contributed by atoms with Gasteiger partial charge >= 0.3 is 0 Å². The van der Waals surface area contributed by atoms with Crippen molar-refractivity contribution in [2.75, 3.05) is 6.67 Å². The SMILES string of the molecule is CC(=O)c1cc2c3ccccc3n(CCCF)c2cn1. The van der Waals surface area contributed by atoms with Crippen molar-refractivity contribution in [2.45, 2.75) is 19.9 Å². The number of aryl methyl sites for hydroxylation is 1. The summed E-state index contributed by atoms with van der Waals surface area (Å²) in [4.78, 5) is 15.7. The molecule has 2 aromatic heterocycles. The van der Waals surface area contributed by atoms with E-state index in [-0.39, 0.29) is 12.5 Å². The first-order valence-electron chi connectivity index (χ1n) is 6.66. The molecule has 0 aliphatic heterocycles. The molecule has 4 heteroatoms. The highest BCUT2D eigenvalue weighted by atomic mass is 19.1. The molecule has 0 saturated heterocycles. The monoisotopic (exact) mass is 270 g/mol. The van der Waals surface area contributed by atoms with Crippen LogP contribution in [0.3, 0.4) is 0 Å². The third kappa shape index (κ3) is 1.97. The molecule has 0 atom stereocenters. The van der Waals surface area contributed by atoms with Gasteiger partial charge in [-0.25, -0.2) is 0 Å². The van der Waals surface area contributed by atoms with Crippen molar-refractivity contribution in [1.82, 2.24) is 9.55 Å². The van der Waals surface area contributed by atoms with Crippen LogP contribution in [0.5, 0.6) is 0 Å². The highest BCUT2D eigenvalue weighted by Crippen LogP contribution is 2.29. The molecule has 20 heavy (non-hydrogen) atoms. The Morgan fingerprint density at radius 2 is 2.05 bits per heavy atom. The number of alkyl halides is 1. The molecule has 0 bridgehead atoms. The maximum atomic E-state index is 12.5. The molecular weight excluding hydrogens is 255 g/mol. The average Bonchev–Trinajstić information content (AvgIpc) is 2.78. The van der Waals surface area contributed by atoms with Gasteiger partial charge in [0.2, 0.25) is 0 Å². The van der Waals surface area contributed by atoms with Gasteiger partial charge in [-0.15, -0.1) is 0 Å². The summed E-state index contributed by atoms with van der Waals surface area (Å²) in [5.41, 5.74) is 2.47. The summed E-state index contributed by atoms with van der Waals surface area (Å²) in [5, 5.41) is 2.07. The number of aromatic nitrogens is 2. The van der Waals surface area contributed by atoms with Gasteiger partial charge < -0.3 is 4.57 Å². The minimum atomic E-state index is -0.340. The lowest BCUT2D eigenvalue weighted by Gasteiger charge is -2.05. The van der Waals surface area contributed by atoms with E-state index >= 15 is 0 Å². The van der Waals surface area contributed by atoms with Crippen molar-refractivity contribution >= 4 is 27.6 Å². The van der Waals surface area contributed by atoms with E-state index in [1.54, 1.807) is 6.20 Å². The van der Waals surface area contributed by atoms with Crippen molar-refractivity contribution in [2.24, 2.45) is 0 Å². The molecule has 0 aliphatic rings. The number of halogens is 1. The summed E-state index contributed by atoms with van der Waals surface area (Å²) in [6, 6.07) is 9.79. The second-order valence-corrected chi connectivity index (χ2v) is 4.85. The van der Waals surface area contributed by atoms with Crippen molar-refractivity contribution in [3.63, 3.8) is 0 Å². The lowest BCUT2D eigenvalue weighted by atomic mass is 10.1. The molecule has 0 saturated carbocycles. The normalized spacial score (nSPS) is 11.3. The zero-order chi connectivity index (χ0) is 14.1. The number of fused-ring (bicyclic) bond motifs is 3. The van der Waals surface area contributed by atoms with Crippen molar-refractivity contribution < 1.29 is 9.18 Å². The van der Waals surface area contributed by atoms with E-state index in [1.165, 1.54) is 6.92 Å². The molecule has 0 spiro atoms. The fourth-order valence-corrected chi connectivity index (χ4v) is 2.60. The summed E-state index contributed by atoms with van der Waals surface area (Å²) in [6.45, 7) is 1.78. The lowest BCUT2D eigenvalue weighted by molar-refractivity contribution is 0.101. The summed E-state index contributed by atoms with van der Waals surface area (Å²) < 4.78 is 14.6. The van der Waals surface area contributed by atoms with E-state index in [0.29, 0.717) is 18.7 Å². The van der Waals surface area contributed by atoms with Crippen molar-refractivity contribution in [1.29, 1.82) is 0 Å². The van der Waals surface area contributed by atoms with Gasteiger partial charge in [0.15, 0.2) is 5.78 Å². The van der Waals surface area contributed by atoms with Crippen LogP contribution in [0.1, 0.15) is 23.8 Å². The van der Waals surface area contributed by atoms with E-state index in [2.05, 4.69) is 9.55 Å². The van der Waals surface area contributed by atoms with Crippen LogP contribution in [0, 0.1) is 0 Å². The van der Waals surface area contributed by atoms with Gasteiger partial charge in [0.1, 0.15) is 5.69 Å². The highest BCUT2D eigenvalue weighted by molar-refractivity contribution is 6.09. The van der Waals surface area contributed by atoms with Crippen LogP contribution in [-0.2, 0) is 6.54 Å². The van der Waals surface area contributed by atoms with Crippen molar-refractivity contribution in [3.8, 4) is 0 Å². The van der Waals surface area contributed by atoms with Gasteiger partial charge in [0.05, 0.1) is 18.4 Å². The number of benzene rings is 1. The summed E-state index contributed by atoms with van der Waals surface area (Å²) >= 11 is 0. The first-order valence-corrected chi connectivity index (χ1v) is 6.66. The Hall–Kier alpha value is -2.23. The molecule has 0 N–H and O–H groups in total. The number of hydrogen-bond donors (Lipinski definition) is 0. The number of carbonyl (C=O) groups is 1. The van der Waals surface area contributed by atoms with Gasteiger partial charge in [0, 0.05) is 29.8 Å². The number of carbonyl (C=O) groups excluding carboxylic acids is 1. The van der Waals surface area contributed by atoms with Gasteiger partial charge in [-0.05, 0) is 18.6 Å². The van der Waals surface area contributed by atoms with E-state index in [1.807, 2.05) is 30.3 Å². The minimum Gasteiger partial charge on any atom is -0.339 e. The Balaban J connectivity index is 2.32. The predicted octanol–water partition coefficient (Wildman–Crippen LogP) is 3.75. The number of pyridine rings is 1. The molecule has 1 aromatic carbocycles. The predicted molar refractivity (Wildman–Crippen MR) is 77.8 cm³/mol. The molecule has 102 valence electrons. The molecule has 0 radical (unpaired) electrons. The zero-order valence-corrected chi connectivity index (χ0v) is 11.3. The number of Topliss-reactive ketones (excluding diaryl/α,β-unsaturated/α-hetero) is 1. The molecule has 0 unspecified atom stereocenters. The molecule has 0 aliphatic carbocycles. The second-order valence-electron chi connectivity index (χ2n) is 4.85. The van der Waals surface area contributed by atoms with Crippen LogP contribution in [0.15, 0.2) is 36.5 Å². The second kappa shape index (κ2) is 5.04. The minimum absolute atomic E-state index is 0.0486. The largest absolute Gasteiger partial charge is 0.339 e. The highest BCUT2D eigenvalue weighted by Gasteiger charge is 2.12. The Kier molecular flexibility index (Phi) is 3.22. The summed E-state index contributed by atoms with van der Waals surface area (Å²) in [5.74, 6) is -0.0486. The number of ketones is 1. The van der Waals surface area contributed by atoms with Crippen LogP contribution in [0.2, 0.25) is 0 Å². The number of hydrogen-bond acceptors (Lipinski definition) is 2. The fourth-order valence-electron chi connectivity index (χ4n) is 2.60. The van der Waals surface area contributed by atoms with Crippen LogP contribution >= 0.6 is 0 Å². The van der Waals surface area contributed by atoms with Crippen molar-refractivity contribution in [3.05, 3.63) is 42.2 Å². The Morgan fingerprint density at radius 1 is 1.25 bits per heavy atom. The van der Waals surface area contributed by atoms with Gasteiger partial charge in [0.25, 0.3) is 0 Å². The number of para-hydroxylation sites is 1. The van der Waals surface area contributed by atoms with Gasteiger partial charge in [-0.3, -0.25) is 14.2 Å². The number of nitrogens with zero attached hydrogens (tertiary/aromatic N) is 2. The van der Waals surface area contributed by atoms with E-state index in [4.69, 9.17) is 0 Å². The van der Waals surface area contributed by atoms with E-state index in [9.17, 15) is 9.18 Å².